The van der Waals surface area contributed by atoms with Crippen LogP contribution in [0.1, 0.15) is 0 Å². The number of carbonyl (C=O) groups is 1. The van der Waals surface area contributed by atoms with E-state index in [2.05, 4.69) is 15.5 Å². The monoisotopic (exact) mass is 318 g/mol. The standard InChI is InChI=1S/C14H11ClN4OS/c15-10-4-3-5-11(8-10)16-13(20)9-21-14-18-17-12-6-1-2-7-19(12)14/h1-8H,9H2,(H,16,20). The van der Waals surface area contributed by atoms with Gasteiger partial charge in [0.2, 0.25) is 5.91 Å². The van der Waals surface area contributed by atoms with E-state index in [9.17, 15) is 4.79 Å². The maximum atomic E-state index is 11.9. The van der Waals surface area contributed by atoms with Gasteiger partial charge in [-0.2, -0.15) is 0 Å². The molecule has 1 aromatic carbocycles. The molecule has 106 valence electrons. The molecule has 0 saturated carbocycles. The fourth-order valence-electron chi connectivity index (χ4n) is 1.81. The Morgan fingerprint density at radius 3 is 3.00 bits per heavy atom. The van der Waals surface area contributed by atoms with Crippen molar-refractivity contribution < 1.29 is 4.79 Å². The van der Waals surface area contributed by atoms with Crippen molar-refractivity contribution in [3.8, 4) is 0 Å². The molecule has 2 aromatic heterocycles. The summed E-state index contributed by atoms with van der Waals surface area (Å²) in [5.74, 6) is 0.136. The number of thioether (sulfide) groups is 1. The van der Waals surface area contributed by atoms with Gasteiger partial charge in [0, 0.05) is 16.9 Å². The SMILES string of the molecule is O=C(CSc1nnc2ccccn12)Nc1cccc(Cl)c1. The smallest absolute Gasteiger partial charge is 0.234 e. The Morgan fingerprint density at radius 1 is 1.24 bits per heavy atom. The number of halogens is 1. The predicted octanol–water partition coefficient (Wildman–Crippen LogP) is 3.11. The molecule has 0 aliphatic heterocycles. The van der Waals surface area contributed by atoms with Crippen LogP contribution in [-0.2, 0) is 4.79 Å². The van der Waals surface area contributed by atoms with Crippen molar-refractivity contribution in [1.29, 1.82) is 0 Å². The summed E-state index contributed by atoms with van der Waals surface area (Å²) in [5.41, 5.74) is 1.44. The van der Waals surface area contributed by atoms with Gasteiger partial charge in [-0.15, -0.1) is 10.2 Å². The third kappa shape index (κ3) is 3.34. The van der Waals surface area contributed by atoms with Crippen molar-refractivity contribution >= 4 is 40.6 Å². The van der Waals surface area contributed by atoms with Gasteiger partial charge in [-0.3, -0.25) is 9.20 Å². The van der Waals surface area contributed by atoms with E-state index in [1.807, 2.05) is 28.8 Å². The van der Waals surface area contributed by atoms with E-state index in [1.54, 1.807) is 24.3 Å². The molecule has 0 fully saturated rings. The zero-order chi connectivity index (χ0) is 14.7. The highest BCUT2D eigenvalue weighted by Crippen LogP contribution is 2.18. The van der Waals surface area contributed by atoms with Crippen molar-refractivity contribution in [2.24, 2.45) is 0 Å². The minimum Gasteiger partial charge on any atom is -0.325 e. The average molecular weight is 319 g/mol. The highest BCUT2D eigenvalue weighted by Gasteiger charge is 2.09. The number of anilines is 1. The Kier molecular flexibility index (Phi) is 4.08. The zero-order valence-electron chi connectivity index (χ0n) is 10.9. The van der Waals surface area contributed by atoms with Crippen LogP contribution in [-0.4, -0.2) is 26.3 Å². The molecule has 3 aromatic rings. The van der Waals surface area contributed by atoms with Gasteiger partial charge in [0.25, 0.3) is 0 Å². The van der Waals surface area contributed by atoms with E-state index in [4.69, 9.17) is 11.6 Å². The molecule has 7 heteroatoms. The summed E-state index contributed by atoms with van der Waals surface area (Å²) < 4.78 is 1.84. The molecule has 0 bridgehead atoms. The number of benzene rings is 1. The van der Waals surface area contributed by atoms with Crippen LogP contribution in [0.5, 0.6) is 0 Å². The molecular formula is C14H11ClN4OS. The number of carbonyl (C=O) groups excluding carboxylic acids is 1. The summed E-state index contributed by atoms with van der Waals surface area (Å²) in [6.45, 7) is 0. The normalized spacial score (nSPS) is 10.7. The molecule has 1 amide bonds. The molecule has 2 heterocycles. The number of hydrogen-bond donors (Lipinski definition) is 1. The largest absolute Gasteiger partial charge is 0.325 e. The summed E-state index contributed by atoms with van der Waals surface area (Å²) in [7, 11) is 0. The molecule has 0 unspecified atom stereocenters. The number of aromatic nitrogens is 3. The summed E-state index contributed by atoms with van der Waals surface area (Å²) >= 11 is 7.21. The van der Waals surface area contributed by atoms with Gasteiger partial charge >= 0.3 is 0 Å². The van der Waals surface area contributed by atoms with E-state index in [1.165, 1.54) is 11.8 Å². The van der Waals surface area contributed by atoms with Gasteiger partial charge in [-0.25, -0.2) is 0 Å². The number of nitrogens with one attached hydrogen (secondary N) is 1. The van der Waals surface area contributed by atoms with E-state index < -0.39 is 0 Å². The van der Waals surface area contributed by atoms with Crippen molar-refractivity contribution in [2.75, 3.05) is 11.1 Å². The number of fused-ring (bicyclic) bond motifs is 1. The van der Waals surface area contributed by atoms with Crippen molar-refractivity contribution in [3.63, 3.8) is 0 Å². The number of rotatable bonds is 4. The lowest BCUT2D eigenvalue weighted by Gasteiger charge is -2.04. The topological polar surface area (TPSA) is 59.3 Å². The number of hydrogen-bond acceptors (Lipinski definition) is 4. The molecule has 0 atom stereocenters. The van der Waals surface area contributed by atoms with Crippen molar-refractivity contribution in [2.45, 2.75) is 5.16 Å². The lowest BCUT2D eigenvalue weighted by molar-refractivity contribution is -0.113. The first-order valence-corrected chi connectivity index (χ1v) is 7.57. The van der Waals surface area contributed by atoms with Crippen LogP contribution in [0.4, 0.5) is 5.69 Å². The Balaban J connectivity index is 1.63. The Bertz CT molecular complexity index is 789. The molecule has 0 aliphatic rings. The van der Waals surface area contributed by atoms with E-state index in [0.717, 1.165) is 5.65 Å². The molecular weight excluding hydrogens is 308 g/mol. The van der Waals surface area contributed by atoms with E-state index in [0.29, 0.717) is 15.9 Å². The number of amides is 1. The van der Waals surface area contributed by atoms with Gasteiger partial charge in [-0.05, 0) is 30.3 Å². The lowest BCUT2D eigenvalue weighted by atomic mass is 10.3. The van der Waals surface area contributed by atoms with Crippen LogP contribution in [0.25, 0.3) is 5.65 Å². The van der Waals surface area contributed by atoms with Crippen LogP contribution in [0.3, 0.4) is 0 Å². The van der Waals surface area contributed by atoms with Crippen LogP contribution in [0.2, 0.25) is 5.02 Å². The molecule has 0 spiro atoms. The summed E-state index contributed by atoms with van der Waals surface area (Å²) in [5, 5.41) is 12.2. The van der Waals surface area contributed by atoms with Crippen LogP contribution in [0.15, 0.2) is 53.8 Å². The quantitative estimate of drug-likeness (QED) is 0.751. The van der Waals surface area contributed by atoms with Crippen molar-refractivity contribution in [1.82, 2.24) is 14.6 Å². The highest BCUT2D eigenvalue weighted by atomic mass is 35.5. The predicted molar refractivity (Wildman–Crippen MR) is 83.8 cm³/mol. The molecule has 3 rings (SSSR count). The van der Waals surface area contributed by atoms with Crippen LogP contribution >= 0.6 is 23.4 Å². The van der Waals surface area contributed by atoms with E-state index in [-0.39, 0.29) is 11.7 Å². The fourth-order valence-corrected chi connectivity index (χ4v) is 2.73. The molecule has 5 nitrogen and oxygen atoms in total. The van der Waals surface area contributed by atoms with E-state index >= 15 is 0 Å². The summed E-state index contributed by atoms with van der Waals surface area (Å²) in [4.78, 5) is 11.9. The second kappa shape index (κ2) is 6.15. The van der Waals surface area contributed by atoms with Gasteiger partial charge in [0.05, 0.1) is 5.75 Å². The highest BCUT2D eigenvalue weighted by molar-refractivity contribution is 7.99. The minimum absolute atomic E-state index is 0.116. The molecule has 1 N–H and O–H groups in total. The molecule has 0 saturated heterocycles. The van der Waals surface area contributed by atoms with Gasteiger partial charge in [0.1, 0.15) is 0 Å². The first-order chi connectivity index (χ1) is 10.2. The average Bonchev–Trinajstić information content (AvgIpc) is 2.88. The third-order valence-corrected chi connectivity index (χ3v) is 3.90. The molecule has 0 radical (unpaired) electrons. The second-order valence-electron chi connectivity index (χ2n) is 4.26. The summed E-state index contributed by atoms with van der Waals surface area (Å²) in [6, 6.07) is 12.7. The second-order valence-corrected chi connectivity index (χ2v) is 5.64. The Morgan fingerprint density at radius 2 is 2.14 bits per heavy atom. The number of pyridine rings is 1. The molecule has 21 heavy (non-hydrogen) atoms. The van der Waals surface area contributed by atoms with Gasteiger partial charge < -0.3 is 5.32 Å². The maximum Gasteiger partial charge on any atom is 0.234 e. The maximum absolute atomic E-state index is 11.9. The Labute approximate surface area is 130 Å². The van der Waals surface area contributed by atoms with Gasteiger partial charge in [0.15, 0.2) is 10.8 Å². The third-order valence-electron chi connectivity index (χ3n) is 2.72. The van der Waals surface area contributed by atoms with Crippen LogP contribution < -0.4 is 5.32 Å². The first-order valence-electron chi connectivity index (χ1n) is 6.20. The lowest BCUT2D eigenvalue weighted by Crippen LogP contribution is -2.14. The zero-order valence-corrected chi connectivity index (χ0v) is 12.4. The molecule has 0 aliphatic carbocycles. The Hall–Kier alpha value is -2.05. The first kappa shape index (κ1) is 13.9. The number of nitrogens with zero attached hydrogens (tertiary/aromatic N) is 3. The minimum atomic E-state index is -0.116. The van der Waals surface area contributed by atoms with Crippen molar-refractivity contribution in [3.05, 3.63) is 53.7 Å². The summed E-state index contributed by atoms with van der Waals surface area (Å²) in [6.07, 6.45) is 1.87. The van der Waals surface area contributed by atoms with Gasteiger partial charge in [-0.1, -0.05) is 35.5 Å². The van der Waals surface area contributed by atoms with Crippen LogP contribution in [0, 0.1) is 0 Å². The fraction of sp³-hybridized carbons (Fsp3) is 0.0714.